The number of nitrogens with two attached hydrogens (primary N) is 1. The number of sulfonamides is 1. The number of anilines is 1. The number of halogens is 1. The molecule has 0 aliphatic rings. The van der Waals surface area contributed by atoms with Crippen LogP contribution < -0.4 is 15.4 Å². The van der Waals surface area contributed by atoms with Gasteiger partial charge in [0, 0.05) is 18.2 Å². The van der Waals surface area contributed by atoms with Crippen LogP contribution in [0.1, 0.15) is 46.3 Å². The lowest BCUT2D eigenvalue weighted by Crippen LogP contribution is -2.28. The highest BCUT2D eigenvalue weighted by atomic mass is 32.2. The van der Waals surface area contributed by atoms with Gasteiger partial charge < -0.3 is 15.5 Å². The van der Waals surface area contributed by atoms with Gasteiger partial charge in [0.25, 0.3) is 5.91 Å². The van der Waals surface area contributed by atoms with Gasteiger partial charge >= 0.3 is 0 Å². The van der Waals surface area contributed by atoms with Crippen molar-refractivity contribution in [2.24, 2.45) is 5.73 Å². The van der Waals surface area contributed by atoms with Gasteiger partial charge in [0.1, 0.15) is 17.3 Å². The molecule has 3 N–H and O–H groups in total. The first-order chi connectivity index (χ1) is 18.0. The lowest BCUT2D eigenvalue weighted by Gasteiger charge is -2.20. The summed E-state index contributed by atoms with van der Waals surface area (Å²) in [5, 5.41) is 2.89. The zero-order valence-corrected chi connectivity index (χ0v) is 22.2. The fourth-order valence-electron chi connectivity index (χ4n) is 4.05. The van der Waals surface area contributed by atoms with Crippen LogP contribution in [0.15, 0.2) is 89.3 Å². The molecule has 1 aromatic heterocycles. The minimum Gasteiger partial charge on any atom is -0.459 e. The molecule has 4 aromatic rings. The average molecular weight is 536 g/mol. The molecular formula is C29H30FN3O4S. The van der Waals surface area contributed by atoms with E-state index < -0.39 is 22.0 Å². The third-order valence-electron chi connectivity index (χ3n) is 6.33. The van der Waals surface area contributed by atoms with Gasteiger partial charge in [-0.15, -0.1) is 0 Å². The van der Waals surface area contributed by atoms with E-state index in [-0.39, 0.29) is 17.4 Å². The molecule has 0 fully saturated rings. The van der Waals surface area contributed by atoms with E-state index in [0.29, 0.717) is 29.2 Å². The number of carbonyl (C=O) groups is 1. The maximum absolute atomic E-state index is 13.3. The summed E-state index contributed by atoms with van der Waals surface area (Å²) in [5.41, 5.74) is 9.25. The highest BCUT2D eigenvalue weighted by molar-refractivity contribution is 7.92. The summed E-state index contributed by atoms with van der Waals surface area (Å²) in [6.07, 6.45) is 1.67. The molecule has 38 heavy (non-hydrogen) atoms. The molecule has 198 valence electrons. The second kappa shape index (κ2) is 11.2. The molecule has 0 saturated carbocycles. The molecular weight excluding hydrogens is 505 g/mol. The Morgan fingerprint density at radius 3 is 2.37 bits per heavy atom. The molecule has 0 saturated heterocycles. The Kier molecular flexibility index (Phi) is 7.99. The number of benzene rings is 3. The Morgan fingerprint density at radius 2 is 1.71 bits per heavy atom. The van der Waals surface area contributed by atoms with Crippen LogP contribution in [0.4, 0.5) is 10.1 Å². The first-order valence-corrected chi connectivity index (χ1v) is 13.9. The van der Waals surface area contributed by atoms with Gasteiger partial charge in [0.15, 0.2) is 0 Å². The van der Waals surface area contributed by atoms with Gasteiger partial charge in [-0.3, -0.25) is 9.10 Å². The molecule has 9 heteroatoms. The topological polar surface area (TPSA) is 106 Å². The van der Waals surface area contributed by atoms with Crippen LogP contribution in [0.3, 0.4) is 0 Å². The Labute approximate surface area is 222 Å². The van der Waals surface area contributed by atoms with Crippen LogP contribution in [0.25, 0.3) is 11.3 Å². The second-order valence-corrected chi connectivity index (χ2v) is 11.3. The maximum Gasteiger partial charge on any atom is 0.251 e. The van der Waals surface area contributed by atoms with Gasteiger partial charge in [-0.1, -0.05) is 42.5 Å². The average Bonchev–Trinajstić information content (AvgIpc) is 3.39. The van der Waals surface area contributed by atoms with Gasteiger partial charge in [-0.25, -0.2) is 12.8 Å². The minimum atomic E-state index is -3.59. The molecule has 1 amide bonds. The highest BCUT2D eigenvalue weighted by Crippen LogP contribution is 2.31. The molecule has 1 heterocycles. The molecule has 0 bridgehead atoms. The fourth-order valence-corrected chi connectivity index (χ4v) is 4.54. The third-order valence-corrected chi connectivity index (χ3v) is 7.54. The number of hydrogen-bond donors (Lipinski definition) is 2. The quantitative estimate of drug-likeness (QED) is 0.306. The first-order valence-electron chi connectivity index (χ1n) is 12.1. The predicted octanol–water partition coefficient (Wildman–Crippen LogP) is 5.22. The van der Waals surface area contributed by atoms with Crippen LogP contribution in [0.2, 0.25) is 0 Å². The predicted molar refractivity (Wildman–Crippen MR) is 147 cm³/mol. The summed E-state index contributed by atoms with van der Waals surface area (Å²) in [6, 6.07) is 23.2. The number of nitrogens with zero attached hydrogens (tertiary/aromatic N) is 1. The van der Waals surface area contributed by atoms with E-state index in [1.165, 1.54) is 25.2 Å². The number of amides is 1. The summed E-state index contributed by atoms with van der Waals surface area (Å²) in [5.74, 6) is 0.240. The molecule has 0 radical (unpaired) electrons. The van der Waals surface area contributed by atoms with Gasteiger partial charge in [-0.05, 0) is 66.9 Å². The number of furan rings is 1. The van der Waals surface area contributed by atoms with Crippen molar-refractivity contribution < 1.29 is 22.0 Å². The van der Waals surface area contributed by atoms with Crippen molar-refractivity contribution in [2.75, 3.05) is 17.6 Å². The van der Waals surface area contributed by atoms with E-state index >= 15 is 0 Å². The van der Waals surface area contributed by atoms with Crippen molar-refractivity contribution in [3.05, 3.63) is 113 Å². The molecule has 3 aromatic carbocycles. The molecule has 0 spiro atoms. The molecule has 0 aliphatic carbocycles. The zero-order chi connectivity index (χ0) is 27.4. The van der Waals surface area contributed by atoms with Crippen molar-refractivity contribution in [3.8, 4) is 11.3 Å². The summed E-state index contributed by atoms with van der Waals surface area (Å²) < 4.78 is 45.0. The van der Waals surface area contributed by atoms with E-state index in [1.54, 1.807) is 43.3 Å². The van der Waals surface area contributed by atoms with Crippen molar-refractivity contribution in [1.29, 1.82) is 0 Å². The van der Waals surface area contributed by atoms with Gasteiger partial charge in [-0.2, -0.15) is 0 Å². The monoisotopic (exact) mass is 535 g/mol. The second-order valence-electron chi connectivity index (χ2n) is 9.24. The first kappa shape index (κ1) is 27.1. The van der Waals surface area contributed by atoms with E-state index in [4.69, 9.17) is 10.2 Å². The highest BCUT2D eigenvalue weighted by Gasteiger charge is 2.20. The van der Waals surface area contributed by atoms with E-state index in [9.17, 15) is 17.6 Å². The van der Waals surface area contributed by atoms with Crippen LogP contribution in [-0.2, 0) is 16.4 Å². The van der Waals surface area contributed by atoms with Crippen molar-refractivity contribution >= 4 is 21.6 Å². The zero-order valence-electron chi connectivity index (χ0n) is 21.4. The maximum atomic E-state index is 13.3. The fraction of sp³-hybridized carbons (Fsp3) is 0.207. The Balaban J connectivity index is 1.64. The minimum absolute atomic E-state index is 0.244. The number of nitrogens with one attached hydrogen (secondary N) is 1. The molecule has 7 nitrogen and oxygen atoms in total. The third kappa shape index (κ3) is 6.48. The summed E-state index contributed by atoms with van der Waals surface area (Å²) in [4.78, 5) is 13.2. The van der Waals surface area contributed by atoms with Crippen molar-refractivity contribution in [1.82, 2.24) is 5.32 Å². The van der Waals surface area contributed by atoms with Gasteiger partial charge in [0.05, 0.1) is 24.0 Å². The van der Waals surface area contributed by atoms with Crippen molar-refractivity contribution in [2.45, 2.75) is 25.4 Å². The van der Waals surface area contributed by atoms with Crippen LogP contribution in [-0.4, -0.2) is 27.6 Å². The standard InChI is InChI=1S/C29H30FN3O4S/c1-19(21-9-11-24(30)12-10-21)32-29(34)23-16-22(17-25(18-23)33(2)38(3,35)36)27-13-14-28(37-27)26(31)15-20-7-5-4-6-8-20/h4-14,16-19,26H,15,31H2,1-3H3,(H,32,34). The number of rotatable bonds is 9. The Bertz CT molecular complexity index is 1520. The number of carbonyl (C=O) groups excluding carboxylic acids is 1. The van der Waals surface area contributed by atoms with E-state index in [1.807, 2.05) is 30.3 Å². The van der Waals surface area contributed by atoms with E-state index in [0.717, 1.165) is 21.7 Å². The Morgan fingerprint density at radius 1 is 1.03 bits per heavy atom. The molecule has 2 atom stereocenters. The molecule has 2 unspecified atom stereocenters. The Hall–Kier alpha value is -3.95. The van der Waals surface area contributed by atoms with Gasteiger partial charge in [0.2, 0.25) is 10.0 Å². The number of hydrogen-bond acceptors (Lipinski definition) is 5. The normalized spacial score (nSPS) is 13.1. The van der Waals surface area contributed by atoms with Crippen LogP contribution in [0.5, 0.6) is 0 Å². The smallest absolute Gasteiger partial charge is 0.251 e. The summed E-state index contributed by atoms with van der Waals surface area (Å²) in [7, 11) is -2.18. The lowest BCUT2D eigenvalue weighted by atomic mass is 10.0. The molecule has 0 aliphatic heterocycles. The lowest BCUT2D eigenvalue weighted by molar-refractivity contribution is 0.0940. The molecule has 4 rings (SSSR count). The largest absolute Gasteiger partial charge is 0.459 e. The van der Waals surface area contributed by atoms with Crippen molar-refractivity contribution in [3.63, 3.8) is 0 Å². The SMILES string of the molecule is CC(NC(=O)c1cc(-c2ccc(C(N)Cc3ccccc3)o2)cc(N(C)S(C)(=O)=O)c1)c1ccc(F)cc1. The van der Waals surface area contributed by atoms with Crippen LogP contribution in [0, 0.1) is 5.82 Å². The summed E-state index contributed by atoms with van der Waals surface area (Å²) >= 11 is 0. The van der Waals surface area contributed by atoms with E-state index in [2.05, 4.69) is 5.32 Å². The summed E-state index contributed by atoms with van der Waals surface area (Å²) in [6.45, 7) is 1.78. The van der Waals surface area contributed by atoms with Crippen LogP contribution >= 0.6 is 0 Å².